The standard InChI is InChI=1S/C42H24N4/c1-2-13-26-25(11-1)12-9-18-30(26)40-32-16-3-6-19-33(32)43-42(44-40)46-36-22-10-17-29-27-14-4-7-20-34(27)45-35-21-8-5-15-28(35)31-23-24-37(46)39(38(29)36)41(31)45/h1-24H. The van der Waals surface area contributed by atoms with E-state index in [0.29, 0.717) is 5.95 Å². The summed E-state index contributed by atoms with van der Waals surface area (Å²) >= 11 is 0. The van der Waals surface area contributed by atoms with Crippen molar-refractivity contribution in [2.75, 3.05) is 0 Å². The smallest absolute Gasteiger partial charge is 0.235 e. The number of nitrogens with zero attached hydrogens (tertiary/aromatic N) is 4. The van der Waals surface area contributed by atoms with Gasteiger partial charge in [0.05, 0.1) is 38.8 Å². The van der Waals surface area contributed by atoms with E-state index >= 15 is 0 Å². The van der Waals surface area contributed by atoms with Crippen LogP contribution in [0.1, 0.15) is 0 Å². The maximum absolute atomic E-state index is 5.45. The second-order valence-electron chi connectivity index (χ2n) is 12.2. The predicted molar refractivity (Wildman–Crippen MR) is 191 cm³/mol. The van der Waals surface area contributed by atoms with Gasteiger partial charge in [-0.2, -0.15) is 0 Å². The molecule has 4 heteroatoms. The number of hydrogen-bond acceptors (Lipinski definition) is 2. The van der Waals surface area contributed by atoms with Gasteiger partial charge in [-0.25, -0.2) is 9.97 Å². The zero-order chi connectivity index (χ0) is 29.9. The number of para-hydroxylation sites is 3. The first-order valence-electron chi connectivity index (χ1n) is 15.7. The first kappa shape index (κ1) is 24.1. The van der Waals surface area contributed by atoms with Crippen LogP contribution >= 0.6 is 0 Å². The second kappa shape index (κ2) is 8.68. The second-order valence-corrected chi connectivity index (χ2v) is 12.2. The van der Waals surface area contributed by atoms with Crippen LogP contribution in [0.25, 0.3) is 98.8 Å². The minimum Gasteiger partial charge on any atom is -0.308 e. The fourth-order valence-electron chi connectivity index (χ4n) is 7.99. The van der Waals surface area contributed by atoms with E-state index < -0.39 is 0 Å². The number of hydrogen-bond donors (Lipinski definition) is 0. The highest BCUT2D eigenvalue weighted by Gasteiger charge is 2.24. The average molecular weight is 585 g/mol. The Balaban J connectivity index is 1.36. The highest BCUT2D eigenvalue weighted by molar-refractivity contribution is 6.33. The van der Waals surface area contributed by atoms with Crippen molar-refractivity contribution in [1.82, 2.24) is 18.9 Å². The van der Waals surface area contributed by atoms with Gasteiger partial charge in [0.25, 0.3) is 0 Å². The fourth-order valence-corrected chi connectivity index (χ4v) is 7.99. The van der Waals surface area contributed by atoms with Gasteiger partial charge < -0.3 is 4.40 Å². The third kappa shape index (κ3) is 2.98. The largest absolute Gasteiger partial charge is 0.308 e. The molecule has 0 N–H and O–H groups in total. The molecular weight excluding hydrogens is 560 g/mol. The summed E-state index contributed by atoms with van der Waals surface area (Å²) in [6.45, 7) is 0. The lowest BCUT2D eigenvalue weighted by atomic mass is 9.99. The molecule has 0 fully saturated rings. The molecule has 0 saturated heterocycles. The van der Waals surface area contributed by atoms with Crippen LogP contribution < -0.4 is 0 Å². The normalized spacial score (nSPS) is 12.3. The molecule has 0 aliphatic carbocycles. The van der Waals surface area contributed by atoms with Crippen LogP contribution in [0.3, 0.4) is 0 Å². The van der Waals surface area contributed by atoms with Gasteiger partial charge in [0.1, 0.15) is 0 Å². The Morgan fingerprint density at radius 3 is 1.85 bits per heavy atom. The summed E-state index contributed by atoms with van der Waals surface area (Å²) in [4.78, 5) is 10.7. The Morgan fingerprint density at radius 2 is 1.00 bits per heavy atom. The van der Waals surface area contributed by atoms with Gasteiger partial charge in [-0.05, 0) is 46.5 Å². The van der Waals surface area contributed by atoms with Crippen LogP contribution in [0.2, 0.25) is 0 Å². The van der Waals surface area contributed by atoms with Crippen molar-refractivity contribution >= 4 is 81.6 Å². The molecule has 0 aliphatic rings. The lowest BCUT2D eigenvalue weighted by Gasteiger charge is -2.13. The molecule has 4 aromatic heterocycles. The van der Waals surface area contributed by atoms with Crippen LogP contribution in [0.15, 0.2) is 146 Å². The summed E-state index contributed by atoms with van der Waals surface area (Å²) in [5.74, 6) is 0.676. The molecule has 0 amide bonds. The third-order valence-electron chi connectivity index (χ3n) is 9.86. The van der Waals surface area contributed by atoms with Gasteiger partial charge in [0.15, 0.2) is 0 Å². The average Bonchev–Trinajstić information content (AvgIpc) is 3.59. The molecule has 0 radical (unpaired) electrons. The molecule has 46 heavy (non-hydrogen) atoms. The topological polar surface area (TPSA) is 35.1 Å². The van der Waals surface area contributed by atoms with E-state index in [2.05, 4.69) is 155 Å². The summed E-state index contributed by atoms with van der Waals surface area (Å²) in [5.41, 5.74) is 8.83. The monoisotopic (exact) mass is 584 g/mol. The maximum atomic E-state index is 5.45. The minimum atomic E-state index is 0.676. The lowest BCUT2D eigenvalue weighted by molar-refractivity contribution is 1.01. The Hall–Kier alpha value is -6.26. The minimum absolute atomic E-state index is 0.676. The van der Waals surface area contributed by atoms with Gasteiger partial charge in [0.2, 0.25) is 5.95 Å². The van der Waals surface area contributed by atoms with Crippen LogP contribution in [-0.4, -0.2) is 18.9 Å². The molecule has 212 valence electrons. The summed E-state index contributed by atoms with van der Waals surface area (Å²) in [7, 11) is 0. The molecule has 0 saturated carbocycles. The summed E-state index contributed by atoms with van der Waals surface area (Å²) in [6.07, 6.45) is 0. The number of rotatable bonds is 2. The maximum Gasteiger partial charge on any atom is 0.235 e. The fraction of sp³-hybridized carbons (Fsp3) is 0. The first-order chi connectivity index (χ1) is 22.8. The molecule has 0 bridgehead atoms. The lowest BCUT2D eigenvalue weighted by Crippen LogP contribution is -2.03. The summed E-state index contributed by atoms with van der Waals surface area (Å²) in [6, 6.07) is 52.2. The van der Waals surface area contributed by atoms with Crippen molar-refractivity contribution in [1.29, 1.82) is 0 Å². The predicted octanol–water partition coefficient (Wildman–Crippen LogP) is 10.7. The summed E-state index contributed by atoms with van der Waals surface area (Å²) < 4.78 is 4.75. The molecule has 7 aromatic carbocycles. The Bertz CT molecular complexity index is 3030. The molecule has 0 aliphatic heterocycles. The zero-order valence-electron chi connectivity index (χ0n) is 24.6. The van der Waals surface area contributed by atoms with Gasteiger partial charge in [0, 0.05) is 37.9 Å². The zero-order valence-corrected chi connectivity index (χ0v) is 24.6. The van der Waals surface area contributed by atoms with E-state index in [4.69, 9.17) is 9.97 Å². The van der Waals surface area contributed by atoms with Crippen LogP contribution in [-0.2, 0) is 0 Å². The quantitative estimate of drug-likeness (QED) is 0.203. The van der Waals surface area contributed by atoms with Gasteiger partial charge >= 0.3 is 0 Å². The molecule has 0 spiro atoms. The SMILES string of the molecule is c1ccc2c(-c3nc(-n4c5cccc6c7ccccc7n7c8ccccc8c8ccc4c(c65)c87)nc4ccccc34)cccc2c1. The molecular formula is C42H24N4. The number of aromatic nitrogens is 4. The van der Waals surface area contributed by atoms with Crippen LogP contribution in [0.5, 0.6) is 0 Å². The van der Waals surface area contributed by atoms with Gasteiger partial charge in [-0.3, -0.25) is 4.57 Å². The third-order valence-corrected chi connectivity index (χ3v) is 9.86. The van der Waals surface area contributed by atoms with E-state index in [1.54, 1.807) is 0 Å². The Kier molecular flexibility index (Phi) is 4.55. The van der Waals surface area contributed by atoms with Crippen molar-refractivity contribution in [3.63, 3.8) is 0 Å². The van der Waals surface area contributed by atoms with Crippen molar-refractivity contribution in [3.8, 4) is 17.2 Å². The molecule has 0 unspecified atom stereocenters. The molecule has 11 aromatic rings. The molecule has 11 rings (SSSR count). The van der Waals surface area contributed by atoms with E-state index in [9.17, 15) is 0 Å². The number of fused-ring (bicyclic) bond motifs is 8. The summed E-state index contributed by atoms with van der Waals surface area (Å²) in [5, 5.41) is 10.9. The van der Waals surface area contributed by atoms with Crippen molar-refractivity contribution in [3.05, 3.63) is 146 Å². The molecule has 0 atom stereocenters. The van der Waals surface area contributed by atoms with Crippen molar-refractivity contribution in [2.45, 2.75) is 0 Å². The first-order valence-corrected chi connectivity index (χ1v) is 15.7. The van der Waals surface area contributed by atoms with Gasteiger partial charge in [-0.15, -0.1) is 0 Å². The van der Waals surface area contributed by atoms with E-state index in [1.165, 1.54) is 59.6 Å². The van der Waals surface area contributed by atoms with E-state index in [-0.39, 0.29) is 0 Å². The molecule has 4 heterocycles. The highest BCUT2D eigenvalue weighted by Crippen LogP contribution is 2.45. The van der Waals surface area contributed by atoms with E-state index in [0.717, 1.165) is 33.2 Å². The van der Waals surface area contributed by atoms with E-state index in [1.807, 2.05) is 0 Å². The van der Waals surface area contributed by atoms with Gasteiger partial charge in [-0.1, -0.05) is 115 Å². The number of benzene rings is 7. The van der Waals surface area contributed by atoms with Crippen molar-refractivity contribution in [2.24, 2.45) is 0 Å². The molecule has 4 nitrogen and oxygen atoms in total. The highest BCUT2D eigenvalue weighted by atomic mass is 15.2. The van der Waals surface area contributed by atoms with Crippen LogP contribution in [0.4, 0.5) is 0 Å². The van der Waals surface area contributed by atoms with Crippen molar-refractivity contribution < 1.29 is 0 Å². The Labute approximate surface area is 262 Å². The Morgan fingerprint density at radius 1 is 0.391 bits per heavy atom. The van der Waals surface area contributed by atoms with Crippen LogP contribution in [0, 0.1) is 0 Å².